The van der Waals surface area contributed by atoms with Crippen molar-refractivity contribution in [2.24, 2.45) is 5.92 Å². The monoisotopic (exact) mass is 373 g/mol. The molecule has 4 heteroatoms. The number of aromatic nitrogens is 2. The van der Waals surface area contributed by atoms with Gasteiger partial charge in [-0.25, -0.2) is 0 Å². The van der Waals surface area contributed by atoms with Gasteiger partial charge in [0.2, 0.25) is 0 Å². The smallest absolute Gasteiger partial charge is 0.148 e. The van der Waals surface area contributed by atoms with Gasteiger partial charge in [-0.15, -0.1) is 10.2 Å². The minimum absolute atomic E-state index is 0.528. The van der Waals surface area contributed by atoms with E-state index in [1.54, 1.807) is 11.3 Å². The van der Waals surface area contributed by atoms with Gasteiger partial charge in [0.1, 0.15) is 10.0 Å². The first kappa shape index (κ1) is 17.9. The molecule has 0 unspecified atom stereocenters. The zero-order chi connectivity index (χ0) is 18.8. The second-order valence-electron chi connectivity index (χ2n) is 7.64. The lowest BCUT2D eigenvalue weighted by atomic mass is 9.88. The van der Waals surface area contributed by atoms with Crippen molar-refractivity contribution < 1.29 is 0 Å². The Morgan fingerprint density at radius 1 is 1.07 bits per heavy atom. The maximum Gasteiger partial charge on any atom is 0.148 e. The molecule has 0 radical (unpaired) electrons. The standard InChI is InChI=1S/C23H23N3S/c1-15(2)12-17-10-11-18(13-19(17)14-24)22-25-26-23(27-22)21-9-5-7-16-6-3-4-8-20(16)21/h5,7,9-11,13,15H,3-4,6,8,12H2,1-2H3. The Balaban J connectivity index is 1.69. The molecule has 2 aromatic carbocycles. The Morgan fingerprint density at radius 3 is 2.70 bits per heavy atom. The normalized spacial score (nSPS) is 13.4. The summed E-state index contributed by atoms with van der Waals surface area (Å²) in [5, 5.41) is 20.3. The largest absolute Gasteiger partial charge is 0.192 e. The first-order valence-electron chi connectivity index (χ1n) is 9.63. The van der Waals surface area contributed by atoms with Crippen LogP contribution in [0.1, 0.15) is 48.9 Å². The molecule has 3 nitrogen and oxygen atoms in total. The molecule has 27 heavy (non-hydrogen) atoms. The van der Waals surface area contributed by atoms with Crippen molar-refractivity contribution in [3.63, 3.8) is 0 Å². The number of aryl methyl sites for hydroxylation is 1. The Morgan fingerprint density at radius 2 is 1.89 bits per heavy atom. The van der Waals surface area contributed by atoms with Crippen LogP contribution in [-0.2, 0) is 19.3 Å². The van der Waals surface area contributed by atoms with E-state index in [1.807, 2.05) is 6.07 Å². The third kappa shape index (κ3) is 3.65. The highest BCUT2D eigenvalue weighted by Gasteiger charge is 2.17. The maximum absolute atomic E-state index is 9.54. The van der Waals surface area contributed by atoms with Crippen LogP contribution in [0.5, 0.6) is 0 Å². The summed E-state index contributed by atoms with van der Waals surface area (Å²) >= 11 is 1.62. The highest BCUT2D eigenvalue weighted by molar-refractivity contribution is 7.17. The first-order valence-corrected chi connectivity index (χ1v) is 10.5. The number of hydrogen-bond acceptors (Lipinski definition) is 4. The fourth-order valence-corrected chi connectivity index (χ4v) is 4.75. The topological polar surface area (TPSA) is 49.6 Å². The SMILES string of the molecule is CC(C)Cc1ccc(-c2nnc(-c3cccc4c3CCCC4)s2)cc1C#N. The third-order valence-corrected chi connectivity index (χ3v) is 6.16. The molecule has 1 aromatic heterocycles. The minimum atomic E-state index is 0.528. The summed E-state index contributed by atoms with van der Waals surface area (Å²) in [6.45, 7) is 4.35. The number of hydrogen-bond donors (Lipinski definition) is 0. The molecule has 0 N–H and O–H groups in total. The molecule has 0 aliphatic heterocycles. The molecule has 1 heterocycles. The van der Waals surface area contributed by atoms with Crippen LogP contribution in [0.25, 0.3) is 21.1 Å². The van der Waals surface area contributed by atoms with Crippen molar-refractivity contribution in [3.8, 4) is 27.2 Å². The van der Waals surface area contributed by atoms with Crippen LogP contribution in [0.2, 0.25) is 0 Å². The van der Waals surface area contributed by atoms with Crippen LogP contribution in [0, 0.1) is 17.2 Å². The lowest BCUT2D eigenvalue weighted by Crippen LogP contribution is -2.04. The van der Waals surface area contributed by atoms with Gasteiger partial charge in [0.15, 0.2) is 0 Å². The summed E-state index contributed by atoms with van der Waals surface area (Å²) in [4.78, 5) is 0. The van der Waals surface area contributed by atoms with E-state index >= 15 is 0 Å². The van der Waals surface area contributed by atoms with E-state index in [1.165, 1.54) is 29.5 Å². The molecule has 136 valence electrons. The minimum Gasteiger partial charge on any atom is -0.192 e. The second-order valence-corrected chi connectivity index (χ2v) is 8.62. The molecule has 0 bridgehead atoms. The summed E-state index contributed by atoms with van der Waals surface area (Å²) in [5.74, 6) is 0.528. The van der Waals surface area contributed by atoms with Gasteiger partial charge in [-0.3, -0.25) is 0 Å². The van der Waals surface area contributed by atoms with E-state index in [-0.39, 0.29) is 0 Å². The van der Waals surface area contributed by atoms with Gasteiger partial charge in [-0.2, -0.15) is 5.26 Å². The molecule has 0 saturated heterocycles. The first-order chi connectivity index (χ1) is 13.2. The van der Waals surface area contributed by atoms with Crippen molar-refractivity contribution in [1.29, 1.82) is 5.26 Å². The Bertz CT molecular complexity index is 1010. The van der Waals surface area contributed by atoms with Crippen LogP contribution >= 0.6 is 11.3 Å². The number of nitriles is 1. The van der Waals surface area contributed by atoms with E-state index in [9.17, 15) is 5.26 Å². The highest BCUT2D eigenvalue weighted by Crippen LogP contribution is 2.36. The van der Waals surface area contributed by atoms with Crippen molar-refractivity contribution in [2.45, 2.75) is 46.0 Å². The summed E-state index contributed by atoms with van der Waals surface area (Å²) in [6, 6.07) is 15.0. The van der Waals surface area contributed by atoms with E-state index in [4.69, 9.17) is 0 Å². The predicted molar refractivity (Wildman–Crippen MR) is 111 cm³/mol. The fourth-order valence-electron chi connectivity index (χ4n) is 3.86. The van der Waals surface area contributed by atoms with Crippen LogP contribution in [0.4, 0.5) is 0 Å². The Hall–Kier alpha value is -2.51. The van der Waals surface area contributed by atoms with Crippen molar-refractivity contribution >= 4 is 11.3 Å². The molecule has 1 aliphatic carbocycles. The Kier molecular flexibility index (Phi) is 5.05. The summed E-state index contributed by atoms with van der Waals surface area (Å²) < 4.78 is 0. The average Bonchev–Trinajstić information content (AvgIpc) is 3.17. The quantitative estimate of drug-likeness (QED) is 0.579. The Labute approximate surface area is 164 Å². The molecular weight excluding hydrogens is 350 g/mol. The van der Waals surface area contributed by atoms with Gasteiger partial charge in [0.05, 0.1) is 11.6 Å². The van der Waals surface area contributed by atoms with E-state index in [0.29, 0.717) is 5.92 Å². The van der Waals surface area contributed by atoms with Gasteiger partial charge in [0, 0.05) is 11.1 Å². The average molecular weight is 374 g/mol. The highest BCUT2D eigenvalue weighted by atomic mass is 32.1. The van der Waals surface area contributed by atoms with E-state index in [0.717, 1.165) is 46.0 Å². The van der Waals surface area contributed by atoms with Crippen molar-refractivity contribution in [1.82, 2.24) is 10.2 Å². The number of benzene rings is 2. The molecule has 0 spiro atoms. The van der Waals surface area contributed by atoms with Gasteiger partial charge >= 0.3 is 0 Å². The molecule has 0 fully saturated rings. The van der Waals surface area contributed by atoms with Gasteiger partial charge < -0.3 is 0 Å². The third-order valence-electron chi connectivity index (χ3n) is 5.16. The van der Waals surface area contributed by atoms with E-state index < -0.39 is 0 Å². The van der Waals surface area contributed by atoms with E-state index in [2.05, 4.69) is 60.4 Å². The molecular formula is C23H23N3S. The lowest BCUT2D eigenvalue weighted by Gasteiger charge is -2.17. The second kappa shape index (κ2) is 7.62. The van der Waals surface area contributed by atoms with Gasteiger partial charge in [-0.1, -0.05) is 55.5 Å². The van der Waals surface area contributed by atoms with Gasteiger partial charge in [0.25, 0.3) is 0 Å². The summed E-state index contributed by atoms with van der Waals surface area (Å²) in [7, 11) is 0. The summed E-state index contributed by atoms with van der Waals surface area (Å²) in [6.07, 6.45) is 5.73. The zero-order valence-electron chi connectivity index (χ0n) is 15.8. The molecule has 0 saturated carbocycles. The van der Waals surface area contributed by atoms with Crippen LogP contribution < -0.4 is 0 Å². The van der Waals surface area contributed by atoms with Crippen LogP contribution in [-0.4, -0.2) is 10.2 Å². The molecule has 3 aromatic rings. The number of fused-ring (bicyclic) bond motifs is 1. The number of nitrogens with zero attached hydrogens (tertiary/aromatic N) is 3. The fraction of sp³-hybridized carbons (Fsp3) is 0.348. The van der Waals surface area contributed by atoms with Crippen molar-refractivity contribution in [3.05, 3.63) is 58.7 Å². The molecule has 0 amide bonds. The molecule has 4 rings (SSSR count). The summed E-state index contributed by atoms with van der Waals surface area (Å²) in [5.41, 5.74) is 6.96. The van der Waals surface area contributed by atoms with Crippen molar-refractivity contribution in [2.75, 3.05) is 0 Å². The maximum atomic E-state index is 9.54. The van der Waals surface area contributed by atoms with Crippen LogP contribution in [0.3, 0.4) is 0 Å². The lowest BCUT2D eigenvalue weighted by molar-refractivity contribution is 0.646. The molecule has 0 atom stereocenters. The number of rotatable bonds is 4. The van der Waals surface area contributed by atoms with Crippen LogP contribution in [0.15, 0.2) is 36.4 Å². The predicted octanol–water partition coefficient (Wildman–Crippen LogP) is 5.82. The zero-order valence-corrected chi connectivity index (χ0v) is 16.6. The van der Waals surface area contributed by atoms with Gasteiger partial charge in [-0.05, 0) is 60.8 Å². The molecule has 1 aliphatic rings.